The second kappa shape index (κ2) is 8.93. The Morgan fingerprint density at radius 1 is 0.938 bits per heavy atom. The minimum absolute atomic E-state index is 1.07. The van der Waals surface area contributed by atoms with Crippen molar-refractivity contribution in [3.63, 3.8) is 0 Å². The molecule has 0 aromatic heterocycles. The number of unbranched alkanes of at least 4 members (excludes halogenated alkanes) is 1. The van der Waals surface area contributed by atoms with E-state index in [2.05, 4.69) is 27.5 Å². The van der Waals surface area contributed by atoms with Crippen LogP contribution in [0.5, 0.6) is 0 Å². The van der Waals surface area contributed by atoms with Crippen LogP contribution in [0, 0.1) is 0 Å². The van der Waals surface area contributed by atoms with Crippen LogP contribution in [0.15, 0.2) is 0 Å². The fraction of sp³-hybridized carbons (Fsp3) is 1.00. The summed E-state index contributed by atoms with van der Waals surface area (Å²) in [6.45, 7) is 9.58. The lowest BCUT2D eigenvalue weighted by Crippen LogP contribution is -2.44. The summed E-state index contributed by atoms with van der Waals surface area (Å²) in [5.41, 5.74) is 0. The number of hydrogen-bond acceptors (Lipinski definition) is 4. The first-order valence-electron chi connectivity index (χ1n) is 6.59. The number of piperazine rings is 1. The Bertz CT molecular complexity index is 155. The van der Waals surface area contributed by atoms with Crippen molar-refractivity contribution in [1.82, 2.24) is 20.4 Å². The van der Waals surface area contributed by atoms with Gasteiger partial charge in [0, 0.05) is 39.3 Å². The van der Waals surface area contributed by atoms with Crippen molar-refractivity contribution in [2.24, 2.45) is 0 Å². The predicted molar refractivity (Wildman–Crippen MR) is 70.0 cm³/mol. The molecule has 2 N–H and O–H groups in total. The molecule has 0 amide bonds. The SMILES string of the molecule is CNCCNCCCCN1CCN(C)CC1. The number of hydrogen-bond donors (Lipinski definition) is 2. The Hall–Kier alpha value is -0.160. The van der Waals surface area contributed by atoms with Crippen molar-refractivity contribution in [3.8, 4) is 0 Å². The standard InChI is InChI=1S/C12H28N4/c1-13-6-7-14-5-3-4-8-16-11-9-15(2)10-12-16/h13-14H,3-12H2,1-2H3. The lowest BCUT2D eigenvalue weighted by molar-refractivity contribution is 0.152. The molecule has 1 aliphatic rings. The molecule has 0 atom stereocenters. The van der Waals surface area contributed by atoms with E-state index in [9.17, 15) is 0 Å². The van der Waals surface area contributed by atoms with Gasteiger partial charge >= 0.3 is 0 Å². The van der Waals surface area contributed by atoms with Crippen LogP contribution in [0.3, 0.4) is 0 Å². The maximum atomic E-state index is 3.44. The summed E-state index contributed by atoms with van der Waals surface area (Å²) in [5.74, 6) is 0. The van der Waals surface area contributed by atoms with E-state index in [1.807, 2.05) is 7.05 Å². The number of rotatable bonds is 8. The van der Waals surface area contributed by atoms with Crippen molar-refractivity contribution < 1.29 is 0 Å². The van der Waals surface area contributed by atoms with E-state index < -0.39 is 0 Å². The molecule has 0 aliphatic carbocycles. The van der Waals surface area contributed by atoms with Crippen LogP contribution in [0.25, 0.3) is 0 Å². The summed E-state index contributed by atoms with van der Waals surface area (Å²) in [7, 11) is 4.21. The molecule has 1 rings (SSSR count). The van der Waals surface area contributed by atoms with Gasteiger partial charge in [-0.3, -0.25) is 0 Å². The largest absolute Gasteiger partial charge is 0.318 e. The first-order chi connectivity index (χ1) is 7.83. The van der Waals surface area contributed by atoms with Crippen molar-refractivity contribution in [2.45, 2.75) is 12.8 Å². The molecule has 16 heavy (non-hydrogen) atoms. The number of nitrogens with zero attached hydrogens (tertiary/aromatic N) is 2. The quantitative estimate of drug-likeness (QED) is 0.565. The second-order valence-corrected chi connectivity index (χ2v) is 4.71. The molecule has 4 heteroatoms. The highest BCUT2D eigenvalue weighted by Gasteiger charge is 2.12. The summed E-state index contributed by atoms with van der Waals surface area (Å²) < 4.78 is 0. The zero-order valence-electron chi connectivity index (χ0n) is 11.0. The highest BCUT2D eigenvalue weighted by molar-refractivity contribution is 4.69. The zero-order chi connectivity index (χ0) is 11.6. The van der Waals surface area contributed by atoms with Gasteiger partial charge in [-0.05, 0) is 40.0 Å². The van der Waals surface area contributed by atoms with Gasteiger partial charge in [-0.2, -0.15) is 0 Å². The third-order valence-corrected chi connectivity index (χ3v) is 3.23. The predicted octanol–water partition coefficient (Wildman–Crippen LogP) is -0.177. The van der Waals surface area contributed by atoms with Crippen LogP contribution < -0.4 is 10.6 Å². The molecule has 1 aliphatic heterocycles. The van der Waals surface area contributed by atoms with E-state index in [0.717, 1.165) is 19.6 Å². The number of likely N-dealkylation sites (N-methyl/N-ethyl adjacent to an activating group) is 2. The minimum atomic E-state index is 1.07. The Balaban J connectivity index is 1.84. The van der Waals surface area contributed by atoms with E-state index in [0.29, 0.717) is 0 Å². The van der Waals surface area contributed by atoms with Crippen molar-refractivity contribution in [2.75, 3.05) is 66.5 Å². The molecule has 96 valence electrons. The highest BCUT2D eigenvalue weighted by Crippen LogP contribution is 2.01. The Morgan fingerprint density at radius 2 is 1.69 bits per heavy atom. The molecule has 1 fully saturated rings. The lowest BCUT2D eigenvalue weighted by atomic mass is 10.2. The molecule has 0 unspecified atom stereocenters. The lowest BCUT2D eigenvalue weighted by Gasteiger charge is -2.32. The van der Waals surface area contributed by atoms with E-state index in [-0.39, 0.29) is 0 Å². The van der Waals surface area contributed by atoms with E-state index >= 15 is 0 Å². The fourth-order valence-corrected chi connectivity index (χ4v) is 2.00. The summed E-state index contributed by atoms with van der Waals surface area (Å²) in [6, 6.07) is 0. The molecule has 0 spiro atoms. The normalized spacial score (nSPS) is 19.1. The molecule has 0 aromatic carbocycles. The number of nitrogens with one attached hydrogen (secondary N) is 2. The van der Waals surface area contributed by atoms with Crippen LogP contribution in [0.4, 0.5) is 0 Å². The maximum Gasteiger partial charge on any atom is 0.0110 e. The average Bonchev–Trinajstić information content (AvgIpc) is 2.30. The van der Waals surface area contributed by atoms with Gasteiger partial charge in [0.15, 0.2) is 0 Å². The fourth-order valence-electron chi connectivity index (χ4n) is 2.00. The molecule has 0 saturated carbocycles. The highest BCUT2D eigenvalue weighted by atomic mass is 15.2. The minimum Gasteiger partial charge on any atom is -0.318 e. The van der Waals surface area contributed by atoms with Gasteiger partial charge in [0.2, 0.25) is 0 Å². The van der Waals surface area contributed by atoms with Crippen LogP contribution in [0.1, 0.15) is 12.8 Å². The molecule has 0 aromatic rings. The van der Waals surface area contributed by atoms with E-state index in [4.69, 9.17) is 0 Å². The summed E-state index contributed by atoms with van der Waals surface area (Å²) in [4.78, 5) is 5.00. The molecular weight excluding hydrogens is 200 g/mol. The maximum absolute atomic E-state index is 3.44. The Kier molecular flexibility index (Phi) is 7.76. The monoisotopic (exact) mass is 228 g/mol. The molecule has 0 bridgehead atoms. The molecular formula is C12H28N4. The van der Waals surface area contributed by atoms with Gasteiger partial charge in [-0.1, -0.05) is 0 Å². The average molecular weight is 228 g/mol. The van der Waals surface area contributed by atoms with Crippen molar-refractivity contribution in [1.29, 1.82) is 0 Å². The summed E-state index contributed by atoms with van der Waals surface area (Å²) in [5, 5.41) is 6.58. The summed E-state index contributed by atoms with van der Waals surface area (Å²) >= 11 is 0. The third kappa shape index (κ3) is 6.43. The zero-order valence-corrected chi connectivity index (χ0v) is 11.0. The van der Waals surface area contributed by atoms with E-state index in [1.54, 1.807) is 0 Å². The van der Waals surface area contributed by atoms with Crippen LogP contribution >= 0.6 is 0 Å². The summed E-state index contributed by atoms with van der Waals surface area (Å²) in [6.07, 6.45) is 2.63. The van der Waals surface area contributed by atoms with Crippen molar-refractivity contribution >= 4 is 0 Å². The van der Waals surface area contributed by atoms with Crippen LogP contribution in [-0.4, -0.2) is 76.3 Å². The molecule has 1 heterocycles. The van der Waals surface area contributed by atoms with Gasteiger partial charge in [-0.15, -0.1) is 0 Å². The van der Waals surface area contributed by atoms with Gasteiger partial charge < -0.3 is 20.4 Å². The Labute approximate surface area is 100 Å². The first kappa shape index (κ1) is 13.9. The third-order valence-electron chi connectivity index (χ3n) is 3.23. The van der Waals surface area contributed by atoms with Gasteiger partial charge in [0.1, 0.15) is 0 Å². The molecule has 4 nitrogen and oxygen atoms in total. The van der Waals surface area contributed by atoms with E-state index in [1.165, 1.54) is 45.6 Å². The first-order valence-corrected chi connectivity index (χ1v) is 6.59. The smallest absolute Gasteiger partial charge is 0.0110 e. The molecule has 0 radical (unpaired) electrons. The Morgan fingerprint density at radius 3 is 2.38 bits per heavy atom. The van der Waals surface area contributed by atoms with Crippen molar-refractivity contribution in [3.05, 3.63) is 0 Å². The van der Waals surface area contributed by atoms with Gasteiger partial charge in [0.25, 0.3) is 0 Å². The topological polar surface area (TPSA) is 30.5 Å². The molecule has 1 saturated heterocycles. The second-order valence-electron chi connectivity index (χ2n) is 4.71. The van der Waals surface area contributed by atoms with Crippen LogP contribution in [0.2, 0.25) is 0 Å². The van der Waals surface area contributed by atoms with Gasteiger partial charge in [0.05, 0.1) is 0 Å². The van der Waals surface area contributed by atoms with Gasteiger partial charge in [-0.25, -0.2) is 0 Å². The van der Waals surface area contributed by atoms with Crippen LogP contribution in [-0.2, 0) is 0 Å².